The van der Waals surface area contributed by atoms with Gasteiger partial charge in [0.05, 0.1) is 11.9 Å². The summed E-state index contributed by atoms with van der Waals surface area (Å²) in [6.45, 7) is 3.83. The summed E-state index contributed by atoms with van der Waals surface area (Å²) in [5, 5.41) is 0. The average molecular weight is 126 g/mol. The quantitative estimate of drug-likeness (QED) is 0.549. The zero-order valence-corrected chi connectivity index (χ0v) is 5.88. The SMILES string of the molecule is COn1cc(C)nc1C. The summed E-state index contributed by atoms with van der Waals surface area (Å²) in [4.78, 5) is 9.04. The van der Waals surface area contributed by atoms with E-state index in [9.17, 15) is 0 Å². The summed E-state index contributed by atoms with van der Waals surface area (Å²) in [7, 11) is 1.62. The molecule has 50 valence electrons. The van der Waals surface area contributed by atoms with Gasteiger partial charge in [0.1, 0.15) is 12.9 Å². The second kappa shape index (κ2) is 2.09. The van der Waals surface area contributed by atoms with Crippen molar-refractivity contribution in [2.75, 3.05) is 7.11 Å². The largest absolute Gasteiger partial charge is 0.416 e. The Balaban J connectivity index is 3.01. The van der Waals surface area contributed by atoms with Gasteiger partial charge < -0.3 is 4.84 Å². The zero-order chi connectivity index (χ0) is 6.85. The number of hydrogen-bond donors (Lipinski definition) is 0. The van der Waals surface area contributed by atoms with Crippen LogP contribution >= 0.6 is 0 Å². The van der Waals surface area contributed by atoms with Crippen LogP contribution in [0, 0.1) is 13.8 Å². The number of imidazole rings is 1. The van der Waals surface area contributed by atoms with Gasteiger partial charge in [-0.15, -0.1) is 0 Å². The van der Waals surface area contributed by atoms with E-state index in [1.807, 2.05) is 20.0 Å². The summed E-state index contributed by atoms with van der Waals surface area (Å²) in [5.41, 5.74) is 0.981. The van der Waals surface area contributed by atoms with Crippen molar-refractivity contribution in [3.05, 3.63) is 17.7 Å². The third-order valence-electron chi connectivity index (χ3n) is 1.16. The van der Waals surface area contributed by atoms with E-state index in [1.165, 1.54) is 0 Å². The van der Waals surface area contributed by atoms with Gasteiger partial charge in [0.15, 0.2) is 0 Å². The average Bonchev–Trinajstić information content (AvgIpc) is 2.10. The Kier molecular flexibility index (Phi) is 1.42. The standard InChI is InChI=1S/C6H10N2O/c1-5-4-8(9-3)6(2)7-5/h4H,1-3H3. The molecule has 0 radical (unpaired) electrons. The van der Waals surface area contributed by atoms with Gasteiger partial charge >= 0.3 is 0 Å². The van der Waals surface area contributed by atoms with E-state index in [0.29, 0.717) is 0 Å². The topological polar surface area (TPSA) is 27.1 Å². The summed E-state index contributed by atoms with van der Waals surface area (Å²) < 4.78 is 1.63. The number of rotatable bonds is 1. The van der Waals surface area contributed by atoms with Crippen molar-refractivity contribution in [1.82, 2.24) is 9.71 Å². The molecule has 0 saturated carbocycles. The maximum atomic E-state index is 4.92. The molecule has 0 aromatic carbocycles. The molecule has 1 aromatic rings. The highest BCUT2D eigenvalue weighted by molar-refractivity contribution is 4.97. The Morgan fingerprint density at radius 3 is 2.44 bits per heavy atom. The molecule has 1 aromatic heterocycles. The first-order valence-corrected chi connectivity index (χ1v) is 2.81. The number of nitrogens with zero attached hydrogens (tertiary/aromatic N) is 2. The van der Waals surface area contributed by atoms with Crippen LogP contribution in [0.4, 0.5) is 0 Å². The number of aromatic nitrogens is 2. The number of aryl methyl sites for hydroxylation is 2. The molecule has 9 heavy (non-hydrogen) atoms. The van der Waals surface area contributed by atoms with Crippen LogP contribution in [0.5, 0.6) is 0 Å². The maximum absolute atomic E-state index is 4.92. The highest BCUT2D eigenvalue weighted by Crippen LogP contribution is 1.96. The van der Waals surface area contributed by atoms with Crippen LogP contribution < -0.4 is 4.84 Å². The number of hydrogen-bond acceptors (Lipinski definition) is 2. The Morgan fingerprint density at radius 2 is 2.22 bits per heavy atom. The van der Waals surface area contributed by atoms with Gasteiger partial charge in [-0.3, -0.25) is 0 Å². The lowest BCUT2D eigenvalue weighted by molar-refractivity contribution is 0.160. The second-order valence-corrected chi connectivity index (χ2v) is 1.94. The molecule has 0 atom stereocenters. The zero-order valence-electron chi connectivity index (χ0n) is 5.88. The van der Waals surface area contributed by atoms with Crippen molar-refractivity contribution < 1.29 is 4.84 Å². The Bertz CT molecular complexity index is 205. The van der Waals surface area contributed by atoms with Crippen molar-refractivity contribution in [2.24, 2.45) is 0 Å². The summed E-state index contributed by atoms with van der Waals surface area (Å²) in [6.07, 6.45) is 1.84. The molecule has 0 amide bonds. The van der Waals surface area contributed by atoms with Crippen molar-refractivity contribution in [1.29, 1.82) is 0 Å². The van der Waals surface area contributed by atoms with E-state index in [4.69, 9.17) is 4.84 Å². The van der Waals surface area contributed by atoms with E-state index in [1.54, 1.807) is 11.8 Å². The van der Waals surface area contributed by atoms with Crippen molar-refractivity contribution in [2.45, 2.75) is 13.8 Å². The van der Waals surface area contributed by atoms with Crippen LogP contribution in [-0.2, 0) is 0 Å². The molecule has 3 heteroatoms. The first kappa shape index (κ1) is 6.13. The second-order valence-electron chi connectivity index (χ2n) is 1.94. The normalized spacial score (nSPS) is 9.67. The first-order valence-electron chi connectivity index (χ1n) is 2.81. The fourth-order valence-electron chi connectivity index (χ4n) is 0.781. The molecule has 0 fully saturated rings. The van der Waals surface area contributed by atoms with Crippen LogP contribution in [0.1, 0.15) is 11.5 Å². The van der Waals surface area contributed by atoms with Crippen LogP contribution in [-0.4, -0.2) is 16.8 Å². The smallest absolute Gasteiger partial charge is 0.141 e. The lowest BCUT2D eigenvalue weighted by Gasteiger charge is -1.98. The Labute approximate surface area is 54.2 Å². The predicted molar refractivity (Wildman–Crippen MR) is 34.2 cm³/mol. The molecule has 0 aliphatic carbocycles. The molecule has 0 N–H and O–H groups in total. The maximum Gasteiger partial charge on any atom is 0.141 e. The van der Waals surface area contributed by atoms with Crippen molar-refractivity contribution in [3.8, 4) is 0 Å². The van der Waals surface area contributed by atoms with Crippen LogP contribution in [0.2, 0.25) is 0 Å². The first-order chi connectivity index (χ1) is 4.24. The lowest BCUT2D eigenvalue weighted by atomic mass is 10.6. The van der Waals surface area contributed by atoms with Crippen LogP contribution in [0.3, 0.4) is 0 Å². The summed E-state index contributed by atoms with van der Waals surface area (Å²) >= 11 is 0. The molecule has 1 rings (SSSR count). The lowest BCUT2D eigenvalue weighted by Crippen LogP contribution is -2.05. The molecule has 0 unspecified atom stereocenters. The van der Waals surface area contributed by atoms with Crippen LogP contribution in [0.15, 0.2) is 6.20 Å². The van der Waals surface area contributed by atoms with E-state index in [-0.39, 0.29) is 0 Å². The predicted octanol–water partition coefficient (Wildman–Crippen LogP) is 0.558. The molecule has 0 aliphatic rings. The van der Waals surface area contributed by atoms with E-state index in [0.717, 1.165) is 11.5 Å². The molecule has 0 aliphatic heterocycles. The van der Waals surface area contributed by atoms with Crippen LogP contribution in [0.25, 0.3) is 0 Å². The molecule has 3 nitrogen and oxygen atoms in total. The molecular weight excluding hydrogens is 116 g/mol. The fourth-order valence-corrected chi connectivity index (χ4v) is 0.781. The minimum atomic E-state index is 0.884. The molecule has 0 bridgehead atoms. The monoisotopic (exact) mass is 126 g/mol. The van der Waals surface area contributed by atoms with E-state index < -0.39 is 0 Å². The fraction of sp³-hybridized carbons (Fsp3) is 0.500. The van der Waals surface area contributed by atoms with Gasteiger partial charge in [0.25, 0.3) is 0 Å². The highest BCUT2D eigenvalue weighted by Gasteiger charge is 1.96. The van der Waals surface area contributed by atoms with Gasteiger partial charge in [-0.1, -0.05) is 0 Å². The highest BCUT2D eigenvalue weighted by atomic mass is 16.6. The summed E-state index contributed by atoms with van der Waals surface area (Å²) in [5.74, 6) is 0.884. The van der Waals surface area contributed by atoms with Gasteiger partial charge in [0.2, 0.25) is 0 Å². The molecule has 0 spiro atoms. The van der Waals surface area contributed by atoms with Gasteiger partial charge in [0, 0.05) is 0 Å². The molecule has 0 saturated heterocycles. The minimum absolute atomic E-state index is 0.884. The molecular formula is C6H10N2O. The van der Waals surface area contributed by atoms with Gasteiger partial charge in [-0.05, 0) is 13.8 Å². The molecule has 1 heterocycles. The third-order valence-corrected chi connectivity index (χ3v) is 1.16. The Hall–Kier alpha value is -0.990. The van der Waals surface area contributed by atoms with Gasteiger partial charge in [-0.2, -0.15) is 4.73 Å². The van der Waals surface area contributed by atoms with Gasteiger partial charge in [-0.25, -0.2) is 4.98 Å². The Morgan fingerprint density at radius 1 is 1.56 bits per heavy atom. The van der Waals surface area contributed by atoms with E-state index in [2.05, 4.69) is 4.98 Å². The minimum Gasteiger partial charge on any atom is -0.416 e. The van der Waals surface area contributed by atoms with Crippen molar-refractivity contribution >= 4 is 0 Å². The van der Waals surface area contributed by atoms with E-state index >= 15 is 0 Å². The summed E-state index contributed by atoms with van der Waals surface area (Å²) in [6, 6.07) is 0. The third kappa shape index (κ3) is 1.04. The van der Waals surface area contributed by atoms with Crippen molar-refractivity contribution in [3.63, 3.8) is 0 Å².